The Morgan fingerprint density at radius 2 is 1.53 bits per heavy atom. The quantitative estimate of drug-likeness (QED) is 0.670. The van der Waals surface area contributed by atoms with E-state index in [2.05, 4.69) is 37.3 Å². The van der Waals surface area contributed by atoms with E-state index in [4.69, 9.17) is 0 Å². The molecule has 1 unspecified atom stereocenters. The van der Waals surface area contributed by atoms with Crippen molar-refractivity contribution in [2.24, 2.45) is 11.8 Å². The molecule has 1 aromatic carbocycles. The molecule has 1 aromatic rings. The van der Waals surface area contributed by atoms with Gasteiger partial charge in [0.2, 0.25) is 0 Å². The molecule has 2 fully saturated rings. The highest BCUT2D eigenvalue weighted by atomic mass is 14.4. The van der Waals surface area contributed by atoms with E-state index in [-0.39, 0.29) is 0 Å². The molecule has 0 nitrogen and oxygen atoms in total. The first-order chi connectivity index (χ1) is 8.26. The highest BCUT2D eigenvalue weighted by Crippen LogP contribution is 2.47. The summed E-state index contributed by atoms with van der Waals surface area (Å²) in [5, 5.41) is 0. The van der Waals surface area contributed by atoms with Gasteiger partial charge in [0.15, 0.2) is 0 Å². The van der Waals surface area contributed by atoms with Gasteiger partial charge in [-0.3, -0.25) is 0 Å². The van der Waals surface area contributed by atoms with Crippen LogP contribution in [0.5, 0.6) is 0 Å². The lowest BCUT2D eigenvalue weighted by molar-refractivity contribution is 0.218. The van der Waals surface area contributed by atoms with Crippen molar-refractivity contribution in [3.8, 4) is 0 Å². The van der Waals surface area contributed by atoms with Gasteiger partial charge in [-0.2, -0.15) is 0 Å². The molecule has 92 valence electrons. The summed E-state index contributed by atoms with van der Waals surface area (Å²) in [5.74, 6) is 2.04. The number of hydrogen-bond acceptors (Lipinski definition) is 0. The maximum Gasteiger partial charge on any atom is -0.00700 e. The van der Waals surface area contributed by atoms with E-state index >= 15 is 0 Å². The van der Waals surface area contributed by atoms with E-state index in [1.54, 1.807) is 5.56 Å². The summed E-state index contributed by atoms with van der Waals surface area (Å²) in [6.07, 6.45) is 10.2. The van der Waals surface area contributed by atoms with E-state index in [0.717, 1.165) is 11.8 Å². The summed E-state index contributed by atoms with van der Waals surface area (Å²) in [7, 11) is 0. The first-order valence-corrected chi connectivity index (χ1v) is 7.32. The maximum atomic E-state index is 2.51. The molecule has 0 radical (unpaired) electrons. The molecule has 2 aliphatic rings. The van der Waals surface area contributed by atoms with Crippen LogP contribution >= 0.6 is 0 Å². The zero-order valence-corrected chi connectivity index (χ0v) is 11.0. The molecule has 2 aliphatic carbocycles. The van der Waals surface area contributed by atoms with Crippen molar-refractivity contribution < 1.29 is 0 Å². The highest BCUT2D eigenvalue weighted by molar-refractivity contribution is 5.25. The van der Waals surface area contributed by atoms with E-state index in [0.29, 0.717) is 5.41 Å². The second-order valence-corrected chi connectivity index (χ2v) is 6.58. The standard InChI is InChI=1S/C17H24/c1-17(13-15-10-11-15,12-14-6-5-7-14)16-8-3-2-4-9-16/h2-4,8-9,14-15H,5-7,10-13H2,1H3. The van der Waals surface area contributed by atoms with Gasteiger partial charge in [-0.1, -0.05) is 69.4 Å². The molecule has 0 heteroatoms. The molecular weight excluding hydrogens is 204 g/mol. The third kappa shape index (κ3) is 2.56. The highest BCUT2D eigenvalue weighted by Gasteiger charge is 2.37. The van der Waals surface area contributed by atoms with Crippen LogP contribution in [0.3, 0.4) is 0 Å². The summed E-state index contributed by atoms with van der Waals surface area (Å²) < 4.78 is 0. The Morgan fingerprint density at radius 1 is 0.941 bits per heavy atom. The Hall–Kier alpha value is -0.780. The normalized spacial score (nSPS) is 24.1. The van der Waals surface area contributed by atoms with E-state index in [1.807, 2.05) is 0 Å². The van der Waals surface area contributed by atoms with Crippen molar-refractivity contribution in [2.45, 2.75) is 57.3 Å². The molecule has 0 N–H and O–H groups in total. The summed E-state index contributed by atoms with van der Waals surface area (Å²) in [5.41, 5.74) is 2.03. The molecule has 2 saturated carbocycles. The first-order valence-electron chi connectivity index (χ1n) is 7.32. The van der Waals surface area contributed by atoms with Gasteiger partial charge in [0.25, 0.3) is 0 Å². The number of benzene rings is 1. The minimum atomic E-state index is 0.452. The predicted molar refractivity (Wildman–Crippen MR) is 73.1 cm³/mol. The lowest BCUT2D eigenvalue weighted by atomic mass is 9.67. The van der Waals surface area contributed by atoms with Crippen LogP contribution in [-0.4, -0.2) is 0 Å². The molecule has 0 saturated heterocycles. The van der Waals surface area contributed by atoms with Crippen molar-refractivity contribution >= 4 is 0 Å². The Kier molecular flexibility index (Phi) is 2.98. The first kappa shape index (κ1) is 11.3. The van der Waals surface area contributed by atoms with Crippen LogP contribution in [-0.2, 0) is 5.41 Å². The van der Waals surface area contributed by atoms with Crippen molar-refractivity contribution in [3.05, 3.63) is 35.9 Å². The monoisotopic (exact) mass is 228 g/mol. The minimum absolute atomic E-state index is 0.452. The fourth-order valence-corrected chi connectivity index (χ4v) is 3.45. The zero-order chi connectivity index (χ0) is 11.7. The molecule has 0 aliphatic heterocycles. The van der Waals surface area contributed by atoms with E-state index in [9.17, 15) is 0 Å². The van der Waals surface area contributed by atoms with Gasteiger partial charge in [-0.05, 0) is 35.7 Å². The van der Waals surface area contributed by atoms with Gasteiger partial charge in [-0.15, -0.1) is 0 Å². The predicted octanol–water partition coefficient (Wildman–Crippen LogP) is 4.93. The fraction of sp³-hybridized carbons (Fsp3) is 0.647. The molecule has 17 heavy (non-hydrogen) atoms. The molecule has 0 heterocycles. The molecule has 0 aromatic heterocycles. The van der Waals surface area contributed by atoms with Crippen LogP contribution in [0.15, 0.2) is 30.3 Å². The Balaban J connectivity index is 1.78. The number of rotatable bonds is 5. The summed E-state index contributed by atoms with van der Waals surface area (Å²) in [4.78, 5) is 0. The van der Waals surface area contributed by atoms with Gasteiger partial charge in [-0.25, -0.2) is 0 Å². The van der Waals surface area contributed by atoms with Crippen LogP contribution in [0, 0.1) is 11.8 Å². The Labute approximate surface area is 105 Å². The summed E-state index contributed by atoms with van der Waals surface area (Å²) >= 11 is 0. The van der Waals surface area contributed by atoms with Crippen molar-refractivity contribution in [1.29, 1.82) is 0 Å². The average Bonchev–Trinajstić information content (AvgIpc) is 3.09. The van der Waals surface area contributed by atoms with Crippen molar-refractivity contribution in [1.82, 2.24) is 0 Å². The van der Waals surface area contributed by atoms with Gasteiger partial charge >= 0.3 is 0 Å². The topological polar surface area (TPSA) is 0 Å². The maximum absolute atomic E-state index is 2.51. The van der Waals surface area contributed by atoms with Gasteiger partial charge in [0, 0.05) is 0 Å². The molecule has 0 amide bonds. The summed E-state index contributed by atoms with van der Waals surface area (Å²) in [6.45, 7) is 2.51. The second kappa shape index (κ2) is 4.48. The van der Waals surface area contributed by atoms with Crippen LogP contribution in [0.25, 0.3) is 0 Å². The SMILES string of the molecule is CC(CC1CCC1)(CC1CC1)c1ccccc1. The second-order valence-electron chi connectivity index (χ2n) is 6.58. The smallest absolute Gasteiger partial charge is 0.00700 e. The Morgan fingerprint density at radius 3 is 2.00 bits per heavy atom. The van der Waals surface area contributed by atoms with Crippen LogP contribution in [0.2, 0.25) is 0 Å². The average molecular weight is 228 g/mol. The fourth-order valence-electron chi connectivity index (χ4n) is 3.45. The van der Waals surface area contributed by atoms with E-state index < -0.39 is 0 Å². The van der Waals surface area contributed by atoms with Crippen molar-refractivity contribution in [3.63, 3.8) is 0 Å². The van der Waals surface area contributed by atoms with Crippen LogP contribution in [0.4, 0.5) is 0 Å². The summed E-state index contributed by atoms with van der Waals surface area (Å²) in [6, 6.07) is 11.3. The Bertz CT molecular complexity index is 359. The van der Waals surface area contributed by atoms with E-state index in [1.165, 1.54) is 44.9 Å². The largest absolute Gasteiger partial charge is 0.0622 e. The van der Waals surface area contributed by atoms with Crippen LogP contribution < -0.4 is 0 Å². The molecular formula is C17H24. The van der Waals surface area contributed by atoms with Gasteiger partial charge in [0.1, 0.15) is 0 Å². The molecule has 3 rings (SSSR count). The number of hydrogen-bond donors (Lipinski definition) is 0. The molecule has 0 bridgehead atoms. The minimum Gasteiger partial charge on any atom is -0.0622 e. The third-order valence-corrected chi connectivity index (χ3v) is 4.87. The van der Waals surface area contributed by atoms with Crippen molar-refractivity contribution in [2.75, 3.05) is 0 Å². The van der Waals surface area contributed by atoms with Crippen LogP contribution in [0.1, 0.15) is 57.4 Å². The van der Waals surface area contributed by atoms with Gasteiger partial charge in [0.05, 0.1) is 0 Å². The van der Waals surface area contributed by atoms with Gasteiger partial charge < -0.3 is 0 Å². The molecule has 0 spiro atoms. The molecule has 1 atom stereocenters. The zero-order valence-electron chi connectivity index (χ0n) is 11.0. The third-order valence-electron chi connectivity index (χ3n) is 4.87. The lowest BCUT2D eigenvalue weighted by Crippen LogP contribution is -2.29. The lowest BCUT2D eigenvalue weighted by Gasteiger charge is -2.38.